The number of thiophene rings is 2. The number of halogens is 6. The fourth-order valence-electron chi connectivity index (χ4n) is 3.08. The van der Waals surface area contributed by atoms with Gasteiger partial charge in [-0.2, -0.15) is 26.3 Å². The first kappa shape index (κ1) is 21.4. The Morgan fingerprint density at radius 2 is 1.45 bits per heavy atom. The normalized spacial score (nSPS) is 19.4. The quantitative estimate of drug-likeness (QED) is 0.478. The summed E-state index contributed by atoms with van der Waals surface area (Å²) in [4.78, 5) is 21.0. The van der Waals surface area contributed by atoms with Crippen LogP contribution in [0.25, 0.3) is 11.1 Å². The summed E-state index contributed by atoms with van der Waals surface area (Å²) in [6.45, 7) is 2.36. The second kappa shape index (κ2) is 6.59. The van der Waals surface area contributed by atoms with Gasteiger partial charge in [0.15, 0.2) is 5.06 Å². The molecule has 4 nitrogen and oxygen atoms in total. The standard InChI is InChI=1S/C17H10F6O4S2/c1-6-8(3-10(28-6)14(25)26)12-13(9-4-11(27-5-24)29-7(9)2)16(20,21)17(22,23)15(12,18)19/h3-5H,1-2H3,(H,25,26). The summed E-state index contributed by atoms with van der Waals surface area (Å²) in [5, 5.41) is 8.80. The monoisotopic (exact) mass is 456 g/mol. The van der Waals surface area contributed by atoms with Crippen molar-refractivity contribution in [2.24, 2.45) is 0 Å². The average molecular weight is 456 g/mol. The van der Waals surface area contributed by atoms with Crippen LogP contribution in [0.4, 0.5) is 26.3 Å². The zero-order valence-electron chi connectivity index (χ0n) is 14.5. The van der Waals surface area contributed by atoms with Crippen LogP contribution in [0, 0.1) is 13.8 Å². The van der Waals surface area contributed by atoms with Gasteiger partial charge in [-0.15, -0.1) is 22.7 Å². The number of hydrogen-bond acceptors (Lipinski definition) is 5. The number of alkyl halides is 6. The van der Waals surface area contributed by atoms with Crippen LogP contribution < -0.4 is 4.74 Å². The van der Waals surface area contributed by atoms with Gasteiger partial charge < -0.3 is 9.84 Å². The lowest BCUT2D eigenvalue weighted by Crippen LogP contribution is -2.48. The Kier molecular flexibility index (Phi) is 4.86. The molecule has 1 aliphatic carbocycles. The highest BCUT2D eigenvalue weighted by Crippen LogP contribution is 2.65. The van der Waals surface area contributed by atoms with Crippen molar-refractivity contribution >= 4 is 46.3 Å². The van der Waals surface area contributed by atoms with Crippen LogP contribution in [-0.4, -0.2) is 35.3 Å². The van der Waals surface area contributed by atoms with Gasteiger partial charge in [0, 0.05) is 32.5 Å². The molecule has 3 rings (SSSR count). The summed E-state index contributed by atoms with van der Waals surface area (Å²) in [5.41, 5.74) is -4.61. The van der Waals surface area contributed by atoms with Gasteiger partial charge in [0.1, 0.15) is 4.88 Å². The zero-order chi connectivity index (χ0) is 21.9. The molecule has 1 aliphatic rings. The molecule has 0 unspecified atom stereocenters. The smallest absolute Gasteiger partial charge is 0.380 e. The van der Waals surface area contributed by atoms with Crippen LogP contribution in [0.3, 0.4) is 0 Å². The fraction of sp³-hybridized carbons (Fsp3) is 0.294. The van der Waals surface area contributed by atoms with E-state index < -0.39 is 50.9 Å². The lowest BCUT2D eigenvalue weighted by atomic mass is 9.95. The molecular weight excluding hydrogens is 446 g/mol. The van der Waals surface area contributed by atoms with Crippen molar-refractivity contribution < 1.29 is 45.8 Å². The molecule has 0 amide bonds. The molecule has 0 spiro atoms. The minimum Gasteiger partial charge on any atom is -0.477 e. The predicted octanol–water partition coefficient (Wildman–Crippen LogP) is 5.49. The Bertz CT molecular complexity index is 1050. The third kappa shape index (κ3) is 2.88. The molecule has 2 aromatic rings. The van der Waals surface area contributed by atoms with Gasteiger partial charge in [-0.1, -0.05) is 0 Å². The van der Waals surface area contributed by atoms with Gasteiger partial charge in [-0.3, -0.25) is 4.79 Å². The molecule has 2 aromatic heterocycles. The number of carboxylic acid groups (broad SMARTS) is 1. The Hall–Kier alpha value is -2.34. The topological polar surface area (TPSA) is 63.6 Å². The summed E-state index contributed by atoms with van der Waals surface area (Å²) in [5.74, 6) is -17.8. The largest absolute Gasteiger partial charge is 0.477 e. The van der Waals surface area contributed by atoms with Crippen molar-refractivity contribution in [3.05, 3.63) is 37.9 Å². The Morgan fingerprint density at radius 3 is 1.90 bits per heavy atom. The Balaban J connectivity index is 2.41. The number of aryl methyl sites for hydroxylation is 2. The second-order valence-electron chi connectivity index (χ2n) is 6.11. The number of carbonyl (C=O) groups is 2. The molecular formula is C17H10F6O4S2. The van der Waals surface area contributed by atoms with Crippen LogP contribution in [0.15, 0.2) is 12.1 Å². The number of hydrogen-bond donors (Lipinski definition) is 1. The van der Waals surface area contributed by atoms with Crippen molar-refractivity contribution in [1.29, 1.82) is 0 Å². The third-order valence-electron chi connectivity index (χ3n) is 4.39. The van der Waals surface area contributed by atoms with Crippen LogP contribution in [-0.2, 0) is 4.79 Å². The van der Waals surface area contributed by atoms with Crippen LogP contribution in [0.5, 0.6) is 5.06 Å². The summed E-state index contributed by atoms with van der Waals surface area (Å²) < 4.78 is 91.6. The summed E-state index contributed by atoms with van der Waals surface area (Å²) in [6.07, 6.45) is 0. The van der Waals surface area contributed by atoms with E-state index in [-0.39, 0.29) is 21.3 Å². The van der Waals surface area contributed by atoms with Crippen molar-refractivity contribution in [3.63, 3.8) is 0 Å². The summed E-state index contributed by atoms with van der Waals surface area (Å²) >= 11 is 1.14. The van der Waals surface area contributed by atoms with Crippen LogP contribution >= 0.6 is 22.7 Å². The van der Waals surface area contributed by atoms with Crippen molar-refractivity contribution in [1.82, 2.24) is 0 Å². The number of carbonyl (C=O) groups excluding carboxylic acids is 1. The highest BCUT2D eigenvalue weighted by atomic mass is 32.1. The maximum Gasteiger partial charge on any atom is 0.380 e. The molecule has 0 saturated heterocycles. The SMILES string of the molecule is Cc1sc(OC=O)cc1C1=C(c2cc(C(=O)O)sc2C)C(F)(F)C(F)(F)C1(F)F. The minimum atomic E-state index is -5.76. The summed E-state index contributed by atoms with van der Waals surface area (Å²) in [7, 11) is 0. The molecule has 0 atom stereocenters. The Labute approximate surface area is 167 Å². The molecule has 2 heterocycles. The van der Waals surface area contributed by atoms with Crippen LogP contribution in [0.2, 0.25) is 0 Å². The minimum absolute atomic E-state index is 0.0253. The van der Waals surface area contributed by atoms with Crippen molar-refractivity contribution in [3.8, 4) is 5.06 Å². The summed E-state index contributed by atoms with van der Waals surface area (Å²) in [6, 6.07) is 1.47. The zero-order valence-corrected chi connectivity index (χ0v) is 16.1. The maximum absolute atomic E-state index is 14.7. The predicted molar refractivity (Wildman–Crippen MR) is 93.4 cm³/mol. The molecule has 0 radical (unpaired) electrons. The molecule has 1 N–H and O–H groups in total. The van der Waals surface area contributed by atoms with E-state index in [1.54, 1.807) is 0 Å². The molecule has 0 saturated carbocycles. The average Bonchev–Trinajstić information content (AvgIpc) is 3.17. The Morgan fingerprint density at radius 1 is 0.966 bits per heavy atom. The molecule has 0 aliphatic heterocycles. The molecule has 156 valence electrons. The molecule has 0 fully saturated rings. The van der Waals surface area contributed by atoms with Gasteiger partial charge in [0.2, 0.25) is 0 Å². The second-order valence-corrected chi connectivity index (χ2v) is 8.58. The van der Waals surface area contributed by atoms with Gasteiger partial charge in [-0.05, 0) is 25.5 Å². The van der Waals surface area contributed by atoms with Gasteiger partial charge in [0.25, 0.3) is 6.47 Å². The van der Waals surface area contributed by atoms with Crippen LogP contribution in [0.1, 0.15) is 30.6 Å². The first-order valence-corrected chi connectivity index (χ1v) is 9.34. The highest BCUT2D eigenvalue weighted by Gasteiger charge is 2.80. The van der Waals surface area contributed by atoms with E-state index in [0.29, 0.717) is 28.7 Å². The third-order valence-corrected chi connectivity index (χ3v) is 6.37. The number of rotatable bonds is 5. The van der Waals surface area contributed by atoms with E-state index in [0.717, 1.165) is 6.07 Å². The van der Waals surface area contributed by atoms with Gasteiger partial charge in [-0.25, -0.2) is 4.79 Å². The van der Waals surface area contributed by atoms with E-state index in [9.17, 15) is 35.9 Å². The van der Waals surface area contributed by atoms with Crippen molar-refractivity contribution in [2.75, 3.05) is 0 Å². The van der Waals surface area contributed by atoms with Crippen molar-refractivity contribution in [2.45, 2.75) is 31.6 Å². The fourth-order valence-corrected chi connectivity index (χ4v) is 4.78. The lowest BCUT2D eigenvalue weighted by Gasteiger charge is -2.25. The number of aromatic carboxylic acids is 1. The van der Waals surface area contributed by atoms with E-state index in [1.165, 1.54) is 13.8 Å². The van der Waals surface area contributed by atoms with Gasteiger partial charge in [0.05, 0.1) is 0 Å². The lowest BCUT2D eigenvalue weighted by molar-refractivity contribution is -0.254. The number of carboxylic acids is 1. The molecule has 29 heavy (non-hydrogen) atoms. The van der Waals surface area contributed by atoms with E-state index in [1.807, 2.05) is 0 Å². The number of allylic oxidation sites excluding steroid dienone is 2. The van der Waals surface area contributed by atoms with E-state index in [4.69, 9.17) is 5.11 Å². The van der Waals surface area contributed by atoms with E-state index >= 15 is 0 Å². The van der Waals surface area contributed by atoms with Gasteiger partial charge >= 0.3 is 23.7 Å². The molecule has 0 aromatic carbocycles. The molecule has 12 heteroatoms. The number of ether oxygens (including phenoxy) is 1. The first-order chi connectivity index (χ1) is 13.3. The first-order valence-electron chi connectivity index (χ1n) is 7.71. The maximum atomic E-state index is 14.7. The highest BCUT2D eigenvalue weighted by molar-refractivity contribution is 7.14. The molecule has 0 bridgehead atoms. The van der Waals surface area contributed by atoms with E-state index in [2.05, 4.69) is 4.74 Å².